The molecule has 1 N–H and O–H groups in total. The van der Waals surface area contributed by atoms with Gasteiger partial charge in [-0.25, -0.2) is 4.98 Å². The fraction of sp³-hybridized carbons (Fsp3) is 0.412. The first-order valence-corrected chi connectivity index (χ1v) is 9.69. The summed E-state index contributed by atoms with van der Waals surface area (Å²) < 4.78 is 27.8. The normalized spacial score (nSPS) is 12.3. The van der Waals surface area contributed by atoms with Gasteiger partial charge in [0.2, 0.25) is 11.8 Å². The van der Waals surface area contributed by atoms with Crippen molar-refractivity contribution in [2.24, 2.45) is 0 Å². The third-order valence-electron chi connectivity index (χ3n) is 3.57. The zero-order valence-electron chi connectivity index (χ0n) is 14.8. The maximum atomic E-state index is 12.2. The summed E-state index contributed by atoms with van der Waals surface area (Å²) in [5, 5.41) is 3.23. The highest BCUT2D eigenvalue weighted by molar-refractivity contribution is 7.84. The Morgan fingerprint density at radius 1 is 1.31 bits per heavy atom. The van der Waals surface area contributed by atoms with Crippen LogP contribution in [0.5, 0.6) is 0 Å². The van der Waals surface area contributed by atoms with Crippen LogP contribution >= 0.6 is 11.6 Å². The van der Waals surface area contributed by atoms with Crippen molar-refractivity contribution >= 4 is 28.3 Å². The van der Waals surface area contributed by atoms with Crippen LogP contribution in [0.2, 0.25) is 5.02 Å². The summed E-state index contributed by atoms with van der Waals surface area (Å²) in [6.45, 7) is 1.94. The van der Waals surface area contributed by atoms with E-state index in [-0.39, 0.29) is 24.0 Å². The van der Waals surface area contributed by atoms with Gasteiger partial charge in [-0.15, -0.1) is 0 Å². The minimum atomic E-state index is -1.41. The second kappa shape index (κ2) is 9.82. The zero-order chi connectivity index (χ0) is 19.1. The summed E-state index contributed by atoms with van der Waals surface area (Å²) in [5.41, 5.74) is 1.34. The van der Waals surface area contributed by atoms with Gasteiger partial charge in [0.1, 0.15) is 11.5 Å². The van der Waals surface area contributed by atoms with Crippen LogP contribution in [-0.4, -0.2) is 47.9 Å². The molecule has 0 aliphatic carbocycles. The maximum Gasteiger partial charge on any atom is 0.232 e. The number of oxazole rings is 1. The fourth-order valence-corrected chi connectivity index (χ4v) is 3.33. The van der Waals surface area contributed by atoms with Crippen LogP contribution in [0.25, 0.3) is 11.5 Å². The van der Waals surface area contributed by atoms with Gasteiger partial charge in [-0.1, -0.05) is 11.6 Å². The van der Waals surface area contributed by atoms with Crippen LogP contribution in [0, 0.1) is 6.92 Å². The first-order valence-electron chi connectivity index (χ1n) is 7.82. The number of aryl methyl sites for hydroxylation is 1. The second-order valence-corrected chi connectivity index (χ2v) is 7.36. The van der Waals surface area contributed by atoms with E-state index in [1.54, 1.807) is 31.2 Å². The number of aromatic nitrogens is 1. The molecular weight excluding hydrogens is 380 g/mol. The summed E-state index contributed by atoms with van der Waals surface area (Å²) in [7, 11) is 1.54. The summed E-state index contributed by atoms with van der Waals surface area (Å²) in [6, 6.07) is 7.07. The largest absolute Gasteiger partial charge is 0.441 e. The van der Waals surface area contributed by atoms with Gasteiger partial charge >= 0.3 is 0 Å². The quantitative estimate of drug-likeness (QED) is 0.649. The van der Waals surface area contributed by atoms with Gasteiger partial charge < -0.3 is 19.2 Å². The lowest BCUT2D eigenvalue weighted by atomic mass is 10.2. The molecule has 0 spiro atoms. The van der Waals surface area contributed by atoms with Crippen molar-refractivity contribution in [2.75, 3.05) is 26.5 Å². The van der Waals surface area contributed by atoms with Crippen LogP contribution < -0.4 is 5.32 Å². The molecule has 0 fully saturated rings. The average molecular weight is 401 g/mol. The molecule has 2 aromatic rings. The monoisotopic (exact) mass is 400 g/mol. The number of carbonyl (C=O) groups is 1. The van der Waals surface area contributed by atoms with Crippen LogP contribution in [0.15, 0.2) is 28.7 Å². The lowest BCUT2D eigenvalue weighted by molar-refractivity contribution is -0.125. The maximum absolute atomic E-state index is 12.2. The Kier molecular flexibility index (Phi) is 7.77. The van der Waals surface area contributed by atoms with E-state index in [0.29, 0.717) is 22.4 Å². The van der Waals surface area contributed by atoms with Crippen LogP contribution in [-0.2, 0) is 30.8 Å². The van der Waals surface area contributed by atoms with E-state index >= 15 is 0 Å². The molecule has 2 rings (SSSR count). The number of hydrogen-bond acceptors (Lipinski definition) is 6. The minimum absolute atomic E-state index is 0.133. The van der Waals surface area contributed by atoms with Crippen molar-refractivity contribution in [3.63, 3.8) is 0 Å². The smallest absolute Gasteiger partial charge is 0.232 e. The Morgan fingerprint density at radius 2 is 1.96 bits per heavy atom. The van der Waals surface area contributed by atoms with Crippen LogP contribution in [0.4, 0.5) is 0 Å². The molecule has 0 unspecified atom stereocenters. The number of halogens is 1. The Labute approximate surface area is 159 Å². The molecule has 1 aromatic heterocycles. The number of hydrogen-bond donors (Lipinski definition) is 1. The van der Waals surface area contributed by atoms with E-state index in [9.17, 15) is 9.00 Å². The summed E-state index contributed by atoms with van der Waals surface area (Å²) in [5.74, 6) is 0.652. The molecule has 1 aromatic carbocycles. The molecule has 142 valence electrons. The van der Waals surface area contributed by atoms with Crippen molar-refractivity contribution in [2.45, 2.75) is 19.0 Å². The molecule has 1 atom stereocenters. The van der Waals surface area contributed by atoms with Crippen molar-refractivity contribution in [3.05, 3.63) is 40.7 Å². The van der Waals surface area contributed by atoms with Gasteiger partial charge in [-0.05, 0) is 31.2 Å². The van der Waals surface area contributed by atoms with E-state index in [0.717, 1.165) is 5.56 Å². The molecular formula is C17H21ClN2O5S. The average Bonchev–Trinajstić information content (AvgIpc) is 2.97. The number of nitrogens with zero attached hydrogens (tertiary/aromatic N) is 1. The van der Waals surface area contributed by atoms with Gasteiger partial charge in [-0.2, -0.15) is 0 Å². The van der Waals surface area contributed by atoms with Gasteiger partial charge in [0.05, 0.1) is 18.0 Å². The number of benzene rings is 1. The van der Waals surface area contributed by atoms with E-state index < -0.39 is 17.1 Å². The van der Waals surface area contributed by atoms with E-state index in [1.807, 2.05) is 0 Å². The Morgan fingerprint density at radius 3 is 2.58 bits per heavy atom. The number of rotatable bonds is 9. The highest BCUT2D eigenvalue weighted by Crippen LogP contribution is 2.24. The lowest BCUT2D eigenvalue weighted by Crippen LogP contribution is -2.36. The number of ether oxygens (including phenoxy) is 2. The minimum Gasteiger partial charge on any atom is -0.441 e. The molecule has 26 heavy (non-hydrogen) atoms. The Balaban J connectivity index is 1.93. The molecule has 0 aliphatic heterocycles. The molecule has 0 saturated carbocycles. The lowest BCUT2D eigenvalue weighted by Gasteiger charge is -2.13. The second-order valence-electron chi connectivity index (χ2n) is 5.46. The van der Waals surface area contributed by atoms with Crippen LogP contribution in [0.3, 0.4) is 0 Å². The third kappa shape index (κ3) is 5.91. The zero-order valence-corrected chi connectivity index (χ0v) is 16.4. The van der Waals surface area contributed by atoms with Gasteiger partial charge in [-0.3, -0.25) is 9.00 Å². The predicted octanol–water partition coefficient (Wildman–Crippen LogP) is 2.29. The Bertz CT molecular complexity index is 759. The van der Waals surface area contributed by atoms with Crippen molar-refractivity contribution in [1.29, 1.82) is 0 Å². The summed E-state index contributed by atoms with van der Waals surface area (Å²) in [6.07, 6.45) is -0.535. The van der Waals surface area contributed by atoms with Crippen molar-refractivity contribution < 1.29 is 22.9 Å². The molecule has 0 saturated heterocycles. The molecule has 1 heterocycles. The third-order valence-corrected chi connectivity index (χ3v) is 5.00. The van der Waals surface area contributed by atoms with E-state index in [4.69, 9.17) is 25.5 Å². The van der Waals surface area contributed by atoms with Crippen molar-refractivity contribution in [3.8, 4) is 11.5 Å². The highest BCUT2D eigenvalue weighted by Gasteiger charge is 2.16. The predicted molar refractivity (Wildman–Crippen MR) is 99.2 cm³/mol. The molecule has 0 bridgehead atoms. The number of nitrogens with one attached hydrogen (secondary N) is 1. The topological polar surface area (TPSA) is 90.7 Å². The standard InChI is InChI=1S/C17H21ClN2O5S/c1-11-14(20-17(25-11)12-4-6-13(18)7-5-12)9-26(22)10-15(21)19-8-16(23-2)24-3/h4-7,16H,8-10H2,1-3H3,(H,19,21)/t26-/m1/s1. The highest BCUT2D eigenvalue weighted by atomic mass is 35.5. The van der Waals surface area contributed by atoms with Gasteiger partial charge in [0.15, 0.2) is 6.29 Å². The number of amides is 1. The molecule has 0 radical (unpaired) electrons. The number of carbonyl (C=O) groups excluding carboxylic acids is 1. The van der Waals surface area contributed by atoms with Gasteiger partial charge in [0, 0.05) is 35.6 Å². The van der Waals surface area contributed by atoms with E-state index in [1.165, 1.54) is 14.2 Å². The molecule has 0 aliphatic rings. The van der Waals surface area contributed by atoms with Gasteiger partial charge in [0.25, 0.3) is 0 Å². The van der Waals surface area contributed by atoms with Crippen molar-refractivity contribution in [1.82, 2.24) is 10.3 Å². The molecule has 9 heteroatoms. The fourth-order valence-electron chi connectivity index (χ4n) is 2.14. The van der Waals surface area contributed by atoms with E-state index in [2.05, 4.69) is 10.3 Å². The van der Waals surface area contributed by atoms with Crippen LogP contribution in [0.1, 0.15) is 11.5 Å². The molecule has 1 amide bonds. The summed E-state index contributed by atoms with van der Waals surface area (Å²) in [4.78, 5) is 16.2. The first kappa shape index (κ1) is 20.6. The SMILES string of the molecule is COC(CNC(=O)C[S@](=O)Cc1nc(-c2ccc(Cl)cc2)oc1C)OC. The first-order chi connectivity index (χ1) is 12.4. The molecule has 7 nitrogen and oxygen atoms in total. The Hall–Kier alpha value is -1.74. The number of methoxy groups -OCH3 is 2. The summed E-state index contributed by atoms with van der Waals surface area (Å²) >= 11 is 5.87.